The molecule has 8 heteroatoms. The van der Waals surface area contributed by atoms with Crippen LogP contribution in [0.2, 0.25) is 10.0 Å². The molecule has 0 aliphatic carbocycles. The van der Waals surface area contributed by atoms with Crippen molar-refractivity contribution in [1.29, 1.82) is 0 Å². The first-order chi connectivity index (χ1) is 8.11. The van der Waals surface area contributed by atoms with Crippen molar-refractivity contribution in [1.82, 2.24) is 4.98 Å². The number of hydrogen-bond acceptors (Lipinski definition) is 3. The predicted octanol–water partition coefficient (Wildman–Crippen LogP) is 3.75. The first-order valence-corrected chi connectivity index (χ1v) is 5.82. The molecule has 0 spiro atoms. The average molecular weight is 302 g/mol. The van der Waals surface area contributed by atoms with E-state index in [1.165, 1.54) is 6.07 Å². The molecule has 102 valence electrons. The van der Waals surface area contributed by atoms with Crippen molar-refractivity contribution < 1.29 is 13.2 Å². The summed E-state index contributed by atoms with van der Waals surface area (Å²) >= 11 is 11.5. The summed E-state index contributed by atoms with van der Waals surface area (Å²) in [5.74, 6) is -0.0743. The lowest BCUT2D eigenvalue weighted by Crippen LogP contribution is -2.40. The summed E-state index contributed by atoms with van der Waals surface area (Å²) in [5, 5.41) is 0.145. The number of alkyl halides is 3. The second-order valence-electron chi connectivity index (χ2n) is 4.00. The smallest absolute Gasteiger partial charge is 0.382 e. The monoisotopic (exact) mass is 301 g/mol. The first-order valence-electron chi connectivity index (χ1n) is 5.06. The number of halogens is 5. The van der Waals surface area contributed by atoms with E-state index in [-0.39, 0.29) is 21.7 Å². The van der Waals surface area contributed by atoms with Crippen LogP contribution in [0.15, 0.2) is 6.07 Å². The van der Waals surface area contributed by atoms with Gasteiger partial charge < -0.3 is 10.6 Å². The van der Waals surface area contributed by atoms with Gasteiger partial charge in [0.25, 0.3) is 0 Å². The van der Waals surface area contributed by atoms with Gasteiger partial charge in [0.1, 0.15) is 18.2 Å². The highest BCUT2D eigenvalue weighted by Gasteiger charge is 2.33. The van der Waals surface area contributed by atoms with E-state index in [0.717, 1.165) is 4.90 Å². The van der Waals surface area contributed by atoms with Crippen LogP contribution in [0.25, 0.3) is 0 Å². The second-order valence-corrected chi connectivity index (χ2v) is 4.81. The molecule has 18 heavy (non-hydrogen) atoms. The van der Waals surface area contributed by atoms with Crippen molar-refractivity contribution >= 4 is 34.8 Å². The molecule has 0 unspecified atom stereocenters. The van der Waals surface area contributed by atoms with Gasteiger partial charge in [-0.05, 0) is 19.9 Å². The van der Waals surface area contributed by atoms with E-state index in [1.807, 2.05) is 0 Å². The molecule has 0 atom stereocenters. The number of rotatable bonds is 3. The highest BCUT2D eigenvalue weighted by atomic mass is 35.5. The number of aromatic nitrogens is 1. The number of pyridine rings is 1. The van der Waals surface area contributed by atoms with E-state index < -0.39 is 18.8 Å². The molecule has 3 nitrogen and oxygen atoms in total. The van der Waals surface area contributed by atoms with Gasteiger partial charge in [-0.15, -0.1) is 0 Å². The van der Waals surface area contributed by atoms with Crippen molar-refractivity contribution in [2.24, 2.45) is 0 Å². The van der Waals surface area contributed by atoms with Crippen LogP contribution in [-0.2, 0) is 0 Å². The Labute approximate surface area is 113 Å². The Morgan fingerprint density at radius 2 is 1.89 bits per heavy atom. The van der Waals surface area contributed by atoms with Gasteiger partial charge >= 0.3 is 6.18 Å². The molecular formula is C10H12Cl2F3N3. The van der Waals surface area contributed by atoms with Crippen molar-refractivity contribution in [3.63, 3.8) is 0 Å². The second kappa shape index (κ2) is 5.40. The van der Waals surface area contributed by atoms with Gasteiger partial charge in [0, 0.05) is 6.04 Å². The average Bonchev–Trinajstić information content (AvgIpc) is 2.19. The summed E-state index contributed by atoms with van der Waals surface area (Å²) in [6, 6.07) is 0.851. The maximum absolute atomic E-state index is 12.5. The normalized spacial score (nSPS) is 12.0. The minimum Gasteiger partial charge on any atom is -0.382 e. The van der Waals surface area contributed by atoms with Crippen LogP contribution in [0.3, 0.4) is 0 Å². The number of nitrogen functional groups attached to an aromatic ring is 1. The summed E-state index contributed by atoms with van der Waals surface area (Å²) in [7, 11) is 0. The summed E-state index contributed by atoms with van der Waals surface area (Å²) in [4.78, 5) is 4.84. The standard InChI is InChI=1S/C10H12Cl2F3N3/c1-5(2)18(4-10(13,14)15)9-7(12)3-6(11)8(16)17-9/h3,5H,4H2,1-2H3,(H2,16,17). The highest BCUT2D eigenvalue weighted by molar-refractivity contribution is 6.37. The Hall–Kier alpha value is -0.880. The Morgan fingerprint density at radius 3 is 2.33 bits per heavy atom. The van der Waals surface area contributed by atoms with Gasteiger partial charge in [-0.25, -0.2) is 4.98 Å². The van der Waals surface area contributed by atoms with Crippen molar-refractivity contribution in [3.05, 3.63) is 16.1 Å². The maximum atomic E-state index is 12.5. The van der Waals surface area contributed by atoms with Gasteiger partial charge in [0.15, 0.2) is 0 Å². The molecule has 0 bridgehead atoms. The third-order valence-corrected chi connectivity index (χ3v) is 2.76. The van der Waals surface area contributed by atoms with Gasteiger partial charge in [-0.3, -0.25) is 0 Å². The lowest BCUT2D eigenvalue weighted by Gasteiger charge is -2.29. The van der Waals surface area contributed by atoms with Crippen molar-refractivity contribution in [3.8, 4) is 0 Å². The molecule has 0 radical (unpaired) electrons. The molecule has 0 amide bonds. The Kier molecular flexibility index (Phi) is 4.55. The maximum Gasteiger partial charge on any atom is 0.405 e. The van der Waals surface area contributed by atoms with E-state index in [0.29, 0.717) is 0 Å². The minimum absolute atomic E-state index is 0.0223. The van der Waals surface area contributed by atoms with Crippen LogP contribution in [-0.4, -0.2) is 23.7 Å². The highest BCUT2D eigenvalue weighted by Crippen LogP contribution is 2.32. The van der Waals surface area contributed by atoms with Gasteiger partial charge in [-0.1, -0.05) is 23.2 Å². The Balaban J connectivity index is 3.18. The topological polar surface area (TPSA) is 42.2 Å². The zero-order valence-electron chi connectivity index (χ0n) is 9.72. The molecule has 0 aliphatic rings. The molecule has 0 aliphatic heterocycles. The Morgan fingerprint density at radius 1 is 1.33 bits per heavy atom. The molecule has 1 aromatic heterocycles. The third-order valence-electron chi connectivity index (χ3n) is 2.18. The van der Waals surface area contributed by atoms with Crippen LogP contribution in [0.4, 0.5) is 24.8 Å². The largest absolute Gasteiger partial charge is 0.405 e. The summed E-state index contributed by atoms with van der Waals surface area (Å²) in [6.45, 7) is 2.06. The summed E-state index contributed by atoms with van der Waals surface area (Å²) in [5.41, 5.74) is 5.48. The summed E-state index contributed by atoms with van der Waals surface area (Å²) in [6.07, 6.45) is -4.36. The predicted molar refractivity (Wildman–Crippen MR) is 67.2 cm³/mol. The van der Waals surface area contributed by atoms with Crippen LogP contribution in [0.5, 0.6) is 0 Å². The van der Waals surface area contributed by atoms with Crippen LogP contribution in [0.1, 0.15) is 13.8 Å². The molecule has 1 aromatic rings. The number of hydrogen-bond donors (Lipinski definition) is 1. The van der Waals surface area contributed by atoms with Gasteiger partial charge in [-0.2, -0.15) is 13.2 Å². The SMILES string of the molecule is CC(C)N(CC(F)(F)F)c1nc(N)c(Cl)cc1Cl. The van der Waals surface area contributed by atoms with E-state index in [1.54, 1.807) is 13.8 Å². The van der Waals surface area contributed by atoms with E-state index in [2.05, 4.69) is 4.98 Å². The van der Waals surface area contributed by atoms with Crippen LogP contribution >= 0.6 is 23.2 Å². The fraction of sp³-hybridized carbons (Fsp3) is 0.500. The quantitative estimate of drug-likeness (QED) is 0.924. The molecule has 0 aromatic carbocycles. The van der Waals surface area contributed by atoms with Crippen LogP contribution < -0.4 is 10.6 Å². The zero-order valence-corrected chi connectivity index (χ0v) is 11.2. The van der Waals surface area contributed by atoms with Gasteiger partial charge in [0.2, 0.25) is 0 Å². The molecule has 0 saturated carbocycles. The van der Waals surface area contributed by atoms with Crippen molar-refractivity contribution in [2.45, 2.75) is 26.1 Å². The van der Waals surface area contributed by atoms with Crippen molar-refractivity contribution in [2.75, 3.05) is 17.2 Å². The lowest BCUT2D eigenvalue weighted by molar-refractivity contribution is -0.120. The zero-order chi connectivity index (χ0) is 14.1. The first kappa shape index (κ1) is 15.2. The van der Waals surface area contributed by atoms with Crippen LogP contribution in [0, 0.1) is 0 Å². The summed E-state index contributed by atoms with van der Waals surface area (Å²) < 4.78 is 37.5. The fourth-order valence-corrected chi connectivity index (χ4v) is 1.83. The molecule has 1 heterocycles. The van der Waals surface area contributed by atoms with E-state index >= 15 is 0 Å². The fourth-order valence-electron chi connectivity index (χ4n) is 1.37. The molecule has 2 N–H and O–H groups in total. The third kappa shape index (κ3) is 3.81. The molecule has 0 saturated heterocycles. The molecule has 0 fully saturated rings. The lowest BCUT2D eigenvalue weighted by atomic mass is 10.3. The number of anilines is 2. The van der Waals surface area contributed by atoms with E-state index in [9.17, 15) is 13.2 Å². The van der Waals surface area contributed by atoms with E-state index in [4.69, 9.17) is 28.9 Å². The van der Waals surface area contributed by atoms with Gasteiger partial charge in [0.05, 0.1) is 10.0 Å². The molecular weight excluding hydrogens is 290 g/mol. The minimum atomic E-state index is -4.36. The number of nitrogens with zero attached hydrogens (tertiary/aromatic N) is 2. The number of nitrogens with two attached hydrogens (primary N) is 1. The Bertz CT molecular complexity index is 435. The molecule has 1 rings (SSSR count).